The second-order valence-corrected chi connectivity index (χ2v) is 6.82. The van der Waals surface area contributed by atoms with E-state index in [-0.39, 0.29) is 0 Å². The Hall–Kier alpha value is -2.75. The summed E-state index contributed by atoms with van der Waals surface area (Å²) in [5.41, 5.74) is 5.95. The van der Waals surface area contributed by atoms with Gasteiger partial charge in [-0.1, -0.05) is 17.7 Å². The highest BCUT2D eigenvalue weighted by Crippen LogP contribution is 2.29. The van der Waals surface area contributed by atoms with Gasteiger partial charge in [0.15, 0.2) is 11.5 Å². The van der Waals surface area contributed by atoms with Crippen LogP contribution in [0.25, 0.3) is 10.9 Å². The van der Waals surface area contributed by atoms with Crippen molar-refractivity contribution in [2.24, 2.45) is 0 Å². The average Bonchev–Trinajstić information content (AvgIpc) is 2.62. The van der Waals surface area contributed by atoms with Crippen LogP contribution in [0, 0.1) is 20.8 Å². The molecule has 0 N–H and O–H groups in total. The number of aromatic nitrogens is 1. The molecule has 0 aliphatic heterocycles. The van der Waals surface area contributed by atoms with Crippen LogP contribution in [-0.2, 0) is 6.54 Å². The number of fused-ring (bicyclic) bond motifs is 1. The van der Waals surface area contributed by atoms with Crippen molar-refractivity contribution in [3.63, 3.8) is 0 Å². The van der Waals surface area contributed by atoms with Crippen molar-refractivity contribution in [3.05, 3.63) is 58.7 Å². The van der Waals surface area contributed by atoms with Gasteiger partial charge in [0, 0.05) is 19.0 Å². The zero-order valence-corrected chi connectivity index (χ0v) is 16.4. The molecular formula is C22H26N2O2. The maximum atomic E-state index is 5.41. The molecule has 0 fully saturated rings. The second-order valence-electron chi connectivity index (χ2n) is 6.82. The Bertz CT molecular complexity index is 951. The van der Waals surface area contributed by atoms with Crippen LogP contribution in [0.5, 0.6) is 11.5 Å². The fourth-order valence-corrected chi connectivity index (χ4v) is 3.36. The summed E-state index contributed by atoms with van der Waals surface area (Å²) in [5.74, 6) is 2.45. The van der Waals surface area contributed by atoms with Crippen molar-refractivity contribution < 1.29 is 9.47 Å². The number of hydrogen-bond donors (Lipinski definition) is 0. The Morgan fingerprint density at radius 3 is 2.31 bits per heavy atom. The molecule has 0 spiro atoms. The van der Waals surface area contributed by atoms with E-state index < -0.39 is 0 Å². The van der Waals surface area contributed by atoms with Crippen LogP contribution in [0.4, 0.5) is 5.82 Å². The summed E-state index contributed by atoms with van der Waals surface area (Å²) in [4.78, 5) is 7.08. The lowest BCUT2D eigenvalue weighted by Crippen LogP contribution is -2.18. The average molecular weight is 350 g/mol. The molecule has 3 rings (SSSR count). The summed E-state index contributed by atoms with van der Waals surface area (Å²) in [5, 5.41) is 1.23. The summed E-state index contributed by atoms with van der Waals surface area (Å²) in [6.45, 7) is 7.14. The number of benzene rings is 2. The molecule has 4 nitrogen and oxygen atoms in total. The molecule has 1 heterocycles. The van der Waals surface area contributed by atoms with Crippen molar-refractivity contribution >= 4 is 16.7 Å². The molecule has 0 saturated carbocycles. The lowest BCUT2D eigenvalue weighted by atomic mass is 10.0. The van der Waals surface area contributed by atoms with Crippen LogP contribution < -0.4 is 14.4 Å². The maximum absolute atomic E-state index is 5.41. The van der Waals surface area contributed by atoms with Crippen LogP contribution in [0.15, 0.2) is 36.4 Å². The largest absolute Gasteiger partial charge is 0.493 e. The molecule has 1 aromatic heterocycles. The molecule has 0 unspecified atom stereocenters. The van der Waals surface area contributed by atoms with Gasteiger partial charge in [0.1, 0.15) is 5.82 Å². The van der Waals surface area contributed by atoms with Crippen molar-refractivity contribution in [1.29, 1.82) is 0 Å². The van der Waals surface area contributed by atoms with Gasteiger partial charge in [0.25, 0.3) is 0 Å². The van der Waals surface area contributed by atoms with Crippen molar-refractivity contribution in [3.8, 4) is 11.5 Å². The Morgan fingerprint density at radius 2 is 1.62 bits per heavy atom. The smallest absolute Gasteiger partial charge is 0.161 e. The highest BCUT2D eigenvalue weighted by atomic mass is 16.5. The highest BCUT2D eigenvalue weighted by Gasteiger charge is 2.11. The van der Waals surface area contributed by atoms with E-state index in [1.54, 1.807) is 14.2 Å². The monoisotopic (exact) mass is 350 g/mol. The summed E-state index contributed by atoms with van der Waals surface area (Å²) in [6.07, 6.45) is 0. The fourth-order valence-electron chi connectivity index (χ4n) is 3.36. The van der Waals surface area contributed by atoms with Crippen LogP contribution >= 0.6 is 0 Å². The zero-order chi connectivity index (χ0) is 18.8. The van der Waals surface area contributed by atoms with Gasteiger partial charge >= 0.3 is 0 Å². The van der Waals surface area contributed by atoms with Crippen LogP contribution in [0.2, 0.25) is 0 Å². The number of anilines is 1. The fraction of sp³-hybridized carbons (Fsp3) is 0.318. The first-order valence-corrected chi connectivity index (χ1v) is 8.73. The van der Waals surface area contributed by atoms with Crippen molar-refractivity contribution in [2.75, 3.05) is 26.2 Å². The first kappa shape index (κ1) is 18.1. The standard InChI is InChI=1S/C22H26N2O2/c1-14-9-16(3)22-18(10-14)15(2)11-21(23-22)24(4)13-17-7-8-19(25-5)20(12-17)26-6/h7-12H,13H2,1-6H3. The zero-order valence-electron chi connectivity index (χ0n) is 16.4. The number of aryl methyl sites for hydroxylation is 3. The van der Waals surface area contributed by atoms with Gasteiger partial charge < -0.3 is 14.4 Å². The van der Waals surface area contributed by atoms with Gasteiger partial charge in [0.2, 0.25) is 0 Å². The Kier molecular flexibility index (Phi) is 5.03. The second kappa shape index (κ2) is 7.24. The Labute approximate surface area is 155 Å². The molecule has 0 atom stereocenters. The molecule has 0 radical (unpaired) electrons. The minimum atomic E-state index is 0.739. The van der Waals surface area contributed by atoms with Gasteiger partial charge in [-0.2, -0.15) is 0 Å². The van der Waals surface area contributed by atoms with E-state index in [1.807, 2.05) is 12.1 Å². The molecular weight excluding hydrogens is 324 g/mol. The molecule has 26 heavy (non-hydrogen) atoms. The third kappa shape index (κ3) is 3.45. The summed E-state index contributed by atoms with van der Waals surface area (Å²) in [7, 11) is 5.37. The minimum absolute atomic E-state index is 0.739. The molecule has 0 bridgehead atoms. The van der Waals surface area contributed by atoms with E-state index in [0.29, 0.717) is 0 Å². The Morgan fingerprint density at radius 1 is 0.885 bits per heavy atom. The van der Waals surface area contributed by atoms with Gasteiger partial charge in [-0.25, -0.2) is 4.98 Å². The van der Waals surface area contributed by atoms with Gasteiger partial charge in [0.05, 0.1) is 19.7 Å². The first-order valence-electron chi connectivity index (χ1n) is 8.73. The van der Waals surface area contributed by atoms with E-state index >= 15 is 0 Å². The summed E-state index contributed by atoms with van der Waals surface area (Å²) in [6, 6.07) is 12.6. The number of rotatable bonds is 5. The van der Waals surface area contributed by atoms with Crippen molar-refractivity contribution in [1.82, 2.24) is 4.98 Å². The molecule has 136 valence electrons. The number of ether oxygens (including phenoxy) is 2. The first-order chi connectivity index (χ1) is 12.4. The third-order valence-electron chi connectivity index (χ3n) is 4.70. The molecule has 0 aliphatic rings. The maximum Gasteiger partial charge on any atom is 0.161 e. The topological polar surface area (TPSA) is 34.6 Å². The number of hydrogen-bond acceptors (Lipinski definition) is 4. The predicted octanol–water partition coefficient (Wildman–Crippen LogP) is 4.81. The predicted molar refractivity (Wildman–Crippen MR) is 108 cm³/mol. The van der Waals surface area contributed by atoms with Gasteiger partial charge in [-0.15, -0.1) is 0 Å². The molecule has 0 saturated heterocycles. The molecule has 0 amide bonds. The van der Waals surface area contributed by atoms with Gasteiger partial charge in [-0.3, -0.25) is 0 Å². The SMILES string of the molecule is COc1ccc(CN(C)c2cc(C)c3cc(C)cc(C)c3n2)cc1OC. The normalized spacial score (nSPS) is 10.8. The van der Waals surface area contributed by atoms with E-state index in [1.165, 1.54) is 22.1 Å². The highest BCUT2D eigenvalue weighted by molar-refractivity contribution is 5.87. The van der Waals surface area contributed by atoms with E-state index in [2.05, 4.69) is 57.0 Å². The van der Waals surface area contributed by atoms with E-state index in [4.69, 9.17) is 14.5 Å². The van der Waals surface area contributed by atoms with Crippen LogP contribution in [0.1, 0.15) is 22.3 Å². The number of methoxy groups -OCH3 is 2. The quantitative estimate of drug-likeness (QED) is 0.661. The Balaban J connectivity index is 1.94. The number of pyridine rings is 1. The summed E-state index contributed by atoms with van der Waals surface area (Å²) >= 11 is 0. The third-order valence-corrected chi connectivity index (χ3v) is 4.70. The van der Waals surface area contributed by atoms with Crippen LogP contribution in [0.3, 0.4) is 0 Å². The molecule has 0 aliphatic carbocycles. The molecule has 4 heteroatoms. The molecule has 2 aromatic carbocycles. The lowest BCUT2D eigenvalue weighted by Gasteiger charge is -2.21. The number of nitrogens with zero attached hydrogens (tertiary/aromatic N) is 2. The van der Waals surface area contributed by atoms with Crippen LogP contribution in [-0.4, -0.2) is 26.3 Å². The van der Waals surface area contributed by atoms with Gasteiger partial charge in [-0.05, 0) is 61.7 Å². The van der Waals surface area contributed by atoms with Crippen molar-refractivity contribution in [2.45, 2.75) is 27.3 Å². The van der Waals surface area contributed by atoms with E-state index in [9.17, 15) is 0 Å². The van der Waals surface area contributed by atoms with E-state index in [0.717, 1.165) is 34.9 Å². The minimum Gasteiger partial charge on any atom is -0.493 e. The molecule has 3 aromatic rings. The summed E-state index contributed by atoms with van der Waals surface area (Å²) < 4.78 is 10.7. The lowest BCUT2D eigenvalue weighted by molar-refractivity contribution is 0.354.